The average molecular weight is 336 g/mol. The van der Waals surface area contributed by atoms with Crippen molar-refractivity contribution in [3.63, 3.8) is 0 Å². The van der Waals surface area contributed by atoms with Crippen LogP contribution in [0.15, 0.2) is 42.9 Å². The van der Waals surface area contributed by atoms with Crippen molar-refractivity contribution in [2.45, 2.75) is 44.4 Å². The van der Waals surface area contributed by atoms with E-state index in [4.69, 9.17) is 4.74 Å². The highest BCUT2D eigenvalue weighted by molar-refractivity contribution is 5.85. The van der Waals surface area contributed by atoms with Crippen molar-refractivity contribution in [3.05, 3.63) is 48.7 Å². The van der Waals surface area contributed by atoms with Crippen LogP contribution in [0.25, 0.3) is 10.9 Å². The van der Waals surface area contributed by atoms with Crippen molar-refractivity contribution in [1.82, 2.24) is 19.4 Å². The van der Waals surface area contributed by atoms with Crippen LogP contribution in [0.5, 0.6) is 5.75 Å². The van der Waals surface area contributed by atoms with Gasteiger partial charge in [-0.2, -0.15) is 0 Å². The maximum Gasteiger partial charge on any atom is 0.129 e. The quantitative estimate of drug-likeness (QED) is 0.772. The van der Waals surface area contributed by atoms with Crippen LogP contribution in [0.4, 0.5) is 0 Å². The number of likely N-dealkylation sites (tertiary alicyclic amines) is 1. The van der Waals surface area contributed by atoms with Crippen LogP contribution in [0.3, 0.4) is 0 Å². The van der Waals surface area contributed by atoms with Gasteiger partial charge in [0.15, 0.2) is 0 Å². The van der Waals surface area contributed by atoms with Crippen molar-refractivity contribution in [2.75, 3.05) is 13.1 Å². The zero-order valence-corrected chi connectivity index (χ0v) is 14.4. The molecule has 130 valence electrons. The minimum absolute atomic E-state index is 0.305. The summed E-state index contributed by atoms with van der Waals surface area (Å²) in [5, 5.41) is 1.18. The van der Waals surface area contributed by atoms with E-state index in [1.54, 1.807) is 0 Å². The smallest absolute Gasteiger partial charge is 0.129 e. The third-order valence-electron chi connectivity index (χ3n) is 5.44. The number of ether oxygens (including phenoxy) is 1. The van der Waals surface area contributed by atoms with Crippen LogP contribution in [-0.4, -0.2) is 38.6 Å². The number of piperidine rings is 1. The number of rotatable bonds is 5. The summed E-state index contributed by atoms with van der Waals surface area (Å²) >= 11 is 0. The molecule has 1 aliphatic heterocycles. The molecule has 1 aliphatic carbocycles. The Morgan fingerprint density at radius 3 is 2.84 bits per heavy atom. The summed E-state index contributed by atoms with van der Waals surface area (Å²) in [6, 6.07) is 9.03. The Hall–Kier alpha value is -2.27. The monoisotopic (exact) mass is 336 g/mol. The molecule has 3 heterocycles. The molecule has 1 aromatic carbocycles. The van der Waals surface area contributed by atoms with E-state index in [1.165, 1.54) is 24.1 Å². The van der Waals surface area contributed by atoms with Gasteiger partial charge in [0.2, 0.25) is 0 Å². The number of nitrogens with one attached hydrogen (secondary N) is 1. The van der Waals surface area contributed by atoms with Crippen LogP contribution in [0.2, 0.25) is 0 Å². The number of aromatic nitrogens is 3. The average Bonchev–Trinajstić information content (AvgIpc) is 3.17. The predicted molar refractivity (Wildman–Crippen MR) is 97.7 cm³/mol. The number of hydrogen-bond acceptors (Lipinski definition) is 3. The molecule has 0 spiro atoms. The predicted octanol–water partition coefficient (Wildman–Crippen LogP) is 3.74. The van der Waals surface area contributed by atoms with E-state index < -0.39 is 0 Å². The summed E-state index contributed by atoms with van der Waals surface area (Å²) in [6.45, 7) is 3.11. The van der Waals surface area contributed by atoms with E-state index in [0.717, 1.165) is 43.7 Å². The van der Waals surface area contributed by atoms with Gasteiger partial charge in [0, 0.05) is 48.6 Å². The van der Waals surface area contributed by atoms with E-state index >= 15 is 0 Å². The summed E-state index contributed by atoms with van der Waals surface area (Å²) in [6.07, 6.45) is 11.1. The highest BCUT2D eigenvalue weighted by Gasteiger charge is 2.27. The molecule has 2 aromatic heterocycles. The summed E-state index contributed by atoms with van der Waals surface area (Å²) < 4.78 is 8.69. The van der Waals surface area contributed by atoms with Gasteiger partial charge in [0.25, 0.3) is 0 Å². The molecule has 1 saturated heterocycles. The summed E-state index contributed by atoms with van der Waals surface area (Å²) in [7, 11) is 0. The SMILES string of the molecule is c1cc(OC2CCN(Cc3nccn3C3CC3)CC2)c2cc[nH]c2c1. The van der Waals surface area contributed by atoms with Gasteiger partial charge in [-0.1, -0.05) is 6.07 Å². The van der Waals surface area contributed by atoms with Gasteiger partial charge in [0.05, 0.1) is 6.54 Å². The van der Waals surface area contributed by atoms with Gasteiger partial charge >= 0.3 is 0 Å². The highest BCUT2D eigenvalue weighted by Crippen LogP contribution is 2.36. The van der Waals surface area contributed by atoms with Crippen molar-refractivity contribution in [2.24, 2.45) is 0 Å². The molecular weight excluding hydrogens is 312 g/mol. The third-order valence-corrected chi connectivity index (χ3v) is 5.44. The molecular formula is C20H24N4O. The van der Waals surface area contributed by atoms with E-state index in [1.807, 2.05) is 12.4 Å². The van der Waals surface area contributed by atoms with Gasteiger partial charge in [-0.15, -0.1) is 0 Å². The van der Waals surface area contributed by atoms with Crippen molar-refractivity contribution in [1.29, 1.82) is 0 Å². The van der Waals surface area contributed by atoms with Crippen molar-refractivity contribution >= 4 is 10.9 Å². The number of hydrogen-bond donors (Lipinski definition) is 1. The largest absolute Gasteiger partial charge is 0.490 e. The van der Waals surface area contributed by atoms with Gasteiger partial charge in [0.1, 0.15) is 17.7 Å². The first-order valence-electron chi connectivity index (χ1n) is 9.33. The fourth-order valence-corrected chi connectivity index (χ4v) is 3.88. The van der Waals surface area contributed by atoms with Gasteiger partial charge in [-0.3, -0.25) is 4.90 Å². The van der Waals surface area contributed by atoms with Crippen molar-refractivity contribution in [3.8, 4) is 5.75 Å². The molecule has 5 heteroatoms. The zero-order valence-electron chi connectivity index (χ0n) is 14.4. The standard InChI is InChI=1S/C20H24N4O/c1-2-18-17(6-9-21-18)19(3-1)25-16-7-11-23(12-8-16)14-20-22-10-13-24(20)15-4-5-15/h1-3,6,9-10,13,15-16,21H,4-5,7-8,11-12,14H2. The Morgan fingerprint density at radius 1 is 1.12 bits per heavy atom. The molecule has 1 N–H and O–H groups in total. The Kier molecular flexibility index (Phi) is 3.74. The van der Waals surface area contributed by atoms with Crippen LogP contribution >= 0.6 is 0 Å². The van der Waals surface area contributed by atoms with Crippen LogP contribution in [0.1, 0.15) is 37.5 Å². The lowest BCUT2D eigenvalue weighted by atomic mass is 10.1. The van der Waals surface area contributed by atoms with Crippen LogP contribution in [-0.2, 0) is 6.54 Å². The Morgan fingerprint density at radius 2 is 2.00 bits per heavy atom. The minimum atomic E-state index is 0.305. The summed E-state index contributed by atoms with van der Waals surface area (Å²) in [4.78, 5) is 10.3. The molecule has 25 heavy (non-hydrogen) atoms. The maximum atomic E-state index is 6.31. The minimum Gasteiger partial charge on any atom is -0.490 e. The molecule has 0 amide bonds. The van der Waals surface area contributed by atoms with E-state index in [2.05, 4.69) is 49.9 Å². The molecule has 5 rings (SSSR count). The van der Waals surface area contributed by atoms with E-state index in [0.29, 0.717) is 12.1 Å². The lowest BCUT2D eigenvalue weighted by Crippen LogP contribution is -2.38. The molecule has 2 aliphatic rings. The van der Waals surface area contributed by atoms with Crippen LogP contribution in [0, 0.1) is 0 Å². The molecule has 3 aromatic rings. The second kappa shape index (κ2) is 6.23. The number of nitrogens with zero attached hydrogens (tertiary/aromatic N) is 3. The number of imidazole rings is 1. The number of fused-ring (bicyclic) bond motifs is 1. The first kappa shape index (κ1) is 15.0. The molecule has 0 unspecified atom stereocenters. The highest BCUT2D eigenvalue weighted by atomic mass is 16.5. The molecule has 1 saturated carbocycles. The van der Waals surface area contributed by atoms with Crippen molar-refractivity contribution < 1.29 is 4.74 Å². The topological polar surface area (TPSA) is 46.1 Å². The van der Waals surface area contributed by atoms with Gasteiger partial charge in [-0.05, 0) is 43.9 Å². The van der Waals surface area contributed by atoms with E-state index in [-0.39, 0.29) is 0 Å². The van der Waals surface area contributed by atoms with E-state index in [9.17, 15) is 0 Å². The third kappa shape index (κ3) is 3.04. The molecule has 0 bridgehead atoms. The van der Waals surface area contributed by atoms with Crippen LogP contribution < -0.4 is 4.74 Å². The zero-order chi connectivity index (χ0) is 16.6. The molecule has 0 radical (unpaired) electrons. The fourth-order valence-electron chi connectivity index (χ4n) is 3.88. The molecule has 2 fully saturated rings. The second-order valence-electron chi connectivity index (χ2n) is 7.27. The lowest BCUT2D eigenvalue weighted by Gasteiger charge is -2.32. The Balaban J connectivity index is 1.20. The first-order chi connectivity index (χ1) is 12.4. The first-order valence-corrected chi connectivity index (χ1v) is 9.33. The van der Waals surface area contributed by atoms with Gasteiger partial charge < -0.3 is 14.3 Å². The second-order valence-corrected chi connectivity index (χ2v) is 7.27. The Labute approximate surface area is 147 Å². The molecule has 0 atom stereocenters. The number of aromatic amines is 1. The lowest BCUT2D eigenvalue weighted by molar-refractivity contribution is 0.0958. The number of benzene rings is 1. The normalized spacial score (nSPS) is 19.5. The number of H-pyrrole nitrogens is 1. The Bertz CT molecular complexity index is 855. The fraction of sp³-hybridized carbons (Fsp3) is 0.450. The van der Waals surface area contributed by atoms with Gasteiger partial charge in [-0.25, -0.2) is 4.98 Å². The molecule has 5 nitrogen and oxygen atoms in total. The maximum absolute atomic E-state index is 6.31. The summed E-state index contributed by atoms with van der Waals surface area (Å²) in [5.74, 6) is 2.22. The summed E-state index contributed by atoms with van der Waals surface area (Å²) in [5.41, 5.74) is 1.14.